The molecule has 1 fully saturated rings. The molecule has 4 heteroatoms. The van der Waals surface area contributed by atoms with E-state index in [0.717, 1.165) is 18.8 Å². The van der Waals surface area contributed by atoms with Gasteiger partial charge in [0.1, 0.15) is 10.8 Å². The summed E-state index contributed by atoms with van der Waals surface area (Å²) in [5.74, 6) is 1.01. The van der Waals surface area contributed by atoms with E-state index in [1.165, 1.54) is 12.8 Å². The highest BCUT2D eigenvalue weighted by atomic mass is 32.1. The third kappa shape index (κ3) is 2.50. The lowest BCUT2D eigenvalue weighted by Gasteiger charge is -2.23. The first-order valence-electron chi connectivity index (χ1n) is 5.76. The number of aromatic nitrogens is 1. The van der Waals surface area contributed by atoms with E-state index >= 15 is 0 Å². The van der Waals surface area contributed by atoms with E-state index in [-0.39, 0.29) is 0 Å². The van der Waals surface area contributed by atoms with Gasteiger partial charge in [-0.15, -0.1) is 0 Å². The molecular formula is C12H17N3S. The van der Waals surface area contributed by atoms with Gasteiger partial charge in [-0.25, -0.2) is 4.98 Å². The molecule has 2 N–H and O–H groups in total. The number of anilines is 1. The maximum Gasteiger partial charge on any atom is 0.129 e. The van der Waals surface area contributed by atoms with Gasteiger partial charge in [0.05, 0.1) is 5.69 Å². The van der Waals surface area contributed by atoms with Crippen molar-refractivity contribution in [1.29, 1.82) is 0 Å². The molecular weight excluding hydrogens is 218 g/mol. The van der Waals surface area contributed by atoms with Crippen LogP contribution in [0.5, 0.6) is 0 Å². The first kappa shape index (κ1) is 11.3. The standard InChI is InChI=1S/C12H17N3S/c1-2-8-15(9-6-7-9)11-5-3-4-10(14-11)12(13)16/h3-5,9H,2,6-8H2,1H3,(H2,13,16). The molecule has 0 amide bonds. The molecule has 0 aliphatic heterocycles. The number of rotatable bonds is 5. The molecule has 1 aliphatic rings. The number of hydrogen-bond donors (Lipinski definition) is 1. The minimum absolute atomic E-state index is 0.370. The zero-order valence-corrected chi connectivity index (χ0v) is 10.3. The smallest absolute Gasteiger partial charge is 0.129 e. The molecule has 1 aromatic heterocycles. The minimum Gasteiger partial charge on any atom is -0.388 e. The lowest BCUT2D eigenvalue weighted by atomic mass is 10.3. The second-order valence-corrected chi connectivity index (χ2v) is 4.61. The Bertz CT molecular complexity index is 388. The minimum atomic E-state index is 0.370. The number of nitrogens with two attached hydrogens (primary N) is 1. The monoisotopic (exact) mass is 235 g/mol. The van der Waals surface area contributed by atoms with E-state index in [1.54, 1.807) is 0 Å². The second-order valence-electron chi connectivity index (χ2n) is 4.17. The highest BCUT2D eigenvalue weighted by molar-refractivity contribution is 7.80. The van der Waals surface area contributed by atoms with Crippen molar-refractivity contribution in [3.8, 4) is 0 Å². The van der Waals surface area contributed by atoms with E-state index < -0.39 is 0 Å². The van der Waals surface area contributed by atoms with Crippen molar-refractivity contribution in [2.45, 2.75) is 32.2 Å². The van der Waals surface area contributed by atoms with Gasteiger partial charge in [-0.05, 0) is 31.4 Å². The average Bonchev–Trinajstić information content (AvgIpc) is 3.10. The van der Waals surface area contributed by atoms with Gasteiger partial charge in [-0.3, -0.25) is 0 Å². The van der Waals surface area contributed by atoms with Crippen LogP contribution in [0, 0.1) is 0 Å². The fourth-order valence-electron chi connectivity index (χ4n) is 1.83. The van der Waals surface area contributed by atoms with Gasteiger partial charge in [0.2, 0.25) is 0 Å². The molecule has 16 heavy (non-hydrogen) atoms. The van der Waals surface area contributed by atoms with Crippen molar-refractivity contribution in [2.75, 3.05) is 11.4 Å². The van der Waals surface area contributed by atoms with Crippen molar-refractivity contribution in [2.24, 2.45) is 5.73 Å². The summed E-state index contributed by atoms with van der Waals surface area (Å²) in [4.78, 5) is 7.24. The summed E-state index contributed by atoms with van der Waals surface area (Å²) in [6, 6.07) is 6.55. The molecule has 86 valence electrons. The Morgan fingerprint density at radius 2 is 2.31 bits per heavy atom. The summed E-state index contributed by atoms with van der Waals surface area (Å²) in [6.45, 7) is 3.24. The number of nitrogens with zero attached hydrogens (tertiary/aromatic N) is 2. The van der Waals surface area contributed by atoms with E-state index in [4.69, 9.17) is 18.0 Å². The number of thiocarbonyl (C=S) groups is 1. The van der Waals surface area contributed by atoms with Crippen molar-refractivity contribution < 1.29 is 0 Å². The summed E-state index contributed by atoms with van der Waals surface area (Å²) in [5.41, 5.74) is 6.32. The molecule has 1 saturated carbocycles. The van der Waals surface area contributed by atoms with E-state index in [0.29, 0.717) is 16.7 Å². The van der Waals surface area contributed by atoms with E-state index in [1.807, 2.05) is 18.2 Å². The molecule has 0 spiro atoms. The molecule has 0 saturated heterocycles. The van der Waals surface area contributed by atoms with Crippen molar-refractivity contribution >= 4 is 23.0 Å². The molecule has 0 atom stereocenters. The summed E-state index contributed by atoms with van der Waals surface area (Å²) in [7, 11) is 0. The molecule has 0 unspecified atom stereocenters. The van der Waals surface area contributed by atoms with Crippen LogP contribution in [0.25, 0.3) is 0 Å². The lowest BCUT2D eigenvalue weighted by molar-refractivity contribution is 0.750. The molecule has 1 aromatic rings. The highest BCUT2D eigenvalue weighted by Gasteiger charge is 2.29. The van der Waals surface area contributed by atoms with Crippen LogP contribution in [-0.4, -0.2) is 22.6 Å². The van der Waals surface area contributed by atoms with Gasteiger partial charge in [-0.2, -0.15) is 0 Å². The molecule has 3 nitrogen and oxygen atoms in total. The predicted octanol–water partition coefficient (Wildman–Crippen LogP) is 2.09. The lowest BCUT2D eigenvalue weighted by Crippen LogP contribution is -2.28. The third-order valence-corrected chi connectivity index (χ3v) is 2.94. The maximum absolute atomic E-state index is 5.60. The van der Waals surface area contributed by atoms with Gasteiger partial charge in [0.15, 0.2) is 0 Å². The zero-order chi connectivity index (χ0) is 11.5. The summed E-state index contributed by atoms with van der Waals surface area (Å²) in [6.07, 6.45) is 3.69. The zero-order valence-electron chi connectivity index (χ0n) is 9.52. The normalized spacial score (nSPS) is 14.8. The Balaban J connectivity index is 2.22. The van der Waals surface area contributed by atoms with Crippen LogP contribution in [0.3, 0.4) is 0 Å². The van der Waals surface area contributed by atoms with Gasteiger partial charge in [-0.1, -0.05) is 25.2 Å². The van der Waals surface area contributed by atoms with E-state index in [9.17, 15) is 0 Å². The van der Waals surface area contributed by atoms with E-state index in [2.05, 4.69) is 16.8 Å². The Labute approximate surface area is 102 Å². The average molecular weight is 235 g/mol. The quantitative estimate of drug-likeness (QED) is 0.794. The number of pyridine rings is 1. The fourth-order valence-corrected chi connectivity index (χ4v) is 1.95. The first-order chi connectivity index (χ1) is 7.72. The van der Waals surface area contributed by atoms with Crippen LogP contribution in [0.4, 0.5) is 5.82 Å². The molecule has 0 aromatic carbocycles. The Morgan fingerprint density at radius 1 is 1.56 bits per heavy atom. The summed E-state index contributed by atoms with van der Waals surface area (Å²) >= 11 is 4.95. The molecule has 0 bridgehead atoms. The van der Waals surface area contributed by atoms with Gasteiger partial charge in [0.25, 0.3) is 0 Å². The number of hydrogen-bond acceptors (Lipinski definition) is 3. The van der Waals surface area contributed by atoms with Crippen LogP contribution < -0.4 is 10.6 Å². The summed E-state index contributed by atoms with van der Waals surface area (Å²) < 4.78 is 0. The van der Waals surface area contributed by atoms with Crippen LogP contribution in [0.1, 0.15) is 31.9 Å². The molecule has 0 radical (unpaired) electrons. The SMILES string of the molecule is CCCN(c1cccc(C(N)=S)n1)C1CC1. The van der Waals surface area contributed by atoms with Gasteiger partial charge in [0, 0.05) is 12.6 Å². The Kier molecular flexibility index (Phi) is 3.39. The van der Waals surface area contributed by atoms with Crippen LogP contribution >= 0.6 is 12.2 Å². The van der Waals surface area contributed by atoms with Crippen molar-refractivity contribution in [3.63, 3.8) is 0 Å². The topological polar surface area (TPSA) is 42.1 Å². The Morgan fingerprint density at radius 3 is 2.88 bits per heavy atom. The maximum atomic E-state index is 5.60. The van der Waals surface area contributed by atoms with Gasteiger partial charge >= 0.3 is 0 Å². The van der Waals surface area contributed by atoms with Crippen molar-refractivity contribution in [1.82, 2.24) is 4.98 Å². The van der Waals surface area contributed by atoms with Crippen molar-refractivity contribution in [3.05, 3.63) is 23.9 Å². The van der Waals surface area contributed by atoms with Crippen LogP contribution in [-0.2, 0) is 0 Å². The van der Waals surface area contributed by atoms with Crippen LogP contribution in [0.15, 0.2) is 18.2 Å². The third-order valence-electron chi connectivity index (χ3n) is 2.73. The first-order valence-corrected chi connectivity index (χ1v) is 6.16. The van der Waals surface area contributed by atoms with Crippen LogP contribution in [0.2, 0.25) is 0 Å². The molecule has 2 rings (SSSR count). The molecule has 1 heterocycles. The second kappa shape index (κ2) is 4.78. The summed E-state index contributed by atoms with van der Waals surface area (Å²) in [5, 5.41) is 0. The fraction of sp³-hybridized carbons (Fsp3) is 0.500. The Hall–Kier alpha value is -1.16. The predicted molar refractivity (Wildman–Crippen MR) is 70.8 cm³/mol. The largest absolute Gasteiger partial charge is 0.388 e. The molecule has 1 aliphatic carbocycles. The highest BCUT2D eigenvalue weighted by Crippen LogP contribution is 2.30. The van der Waals surface area contributed by atoms with Gasteiger partial charge < -0.3 is 10.6 Å².